The van der Waals surface area contributed by atoms with Crippen molar-refractivity contribution in [1.82, 2.24) is 4.98 Å². The number of carbonyl (C=O) groups is 1. The van der Waals surface area contributed by atoms with Crippen molar-refractivity contribution in [2.24, 2.45) is 0 Å². The van der Waals surface area contributed by atoms with Crippen LogP contribution in [0.5, 0.6) is 0 Å². The van der Waals surface area contributed by atoms with Crippen LogP contribution in [-0.4, -0.2) is 24.0 Å². The smallest absolute Gasteiger partial charge is 0.255 e. The van der Waals surface area contributed by atoms with Crippen LogP contribution >= 0.6 is 0 Å². The van der Waals surface area contributed by atoms with Gasteiger partial charge in [0, 0.05) is 41.1 Å². The molecule has 0 bridgehead atoms. The van der Waals surface area contributed by atoms with E-state index in [1.165, 1.54) is 18.5 Å². The van der Waals surface area contributed by atoms with Gasteiger partial charge < -0.3 is 10.2 Å². The molecule has 2 aromatic carbocycles. The van der Waals surface area contributed by atoms with Crippen molar-refractivity contribution in [3.63, 3.8) is 0 Å². The summed E-state index contributed by atoms with van der Waals surface area (Å²) in [6.45, 7) is 4.16. The maximum absolute atomic E-state index is 12.5. The number of aryl methyl sites for hydroxylation is 1. The van der Waals surface area contributed by atoms with Gasteiger partial charge in [-0.1, -0.05) is 0 Å². The van der Waals surface area contributed by atoms with Crippen molar-refractivity contribution >= 4 is 28.2 Å². The second-order valence-electron chi connectivity index (χ2n) is 6.85. The van der Waals surface area contributed by atoms with Crippen LogP contribution in [0, 0.1) is 18.3 Å². The molecule has 5 nitrogen and oxygen atoms in total. The fourth-order valence-corrected chi connectivity index (χ4v) is 3.54. The number of hydrogen-bond donors (Lipinski definition) is 1. The molecule has 3 aromatic rings. The minimum absolute atomic E-state index is 0.203. The lowest BCUT2D eigenvalue weighted by molar-refractivity contribution is 0.102. The Morgan fingerprint density at radius 2 is 1.85 bits per heavy atom. The van der Waals surface area contributed by atoms with E-state index in [1.807, 2.05) is 25.1 Å². The highest BCUT2D eigenvalue weighted by atomic mass is 16.1. The zero-order chi connectivity index (χ0) is 18.8. The molecule has 0 aliphatic carbocycles. The number of pyridine rings is 1. The van der Waals surface area contributed by atoms with E-state index in [2.05, 4.69) is 27.3 Å². The van der Waals surface area contributed by atoms with Gasteiger partial charge in [-0.05, 0) is 68.3 Å². The van der Waals surface area contributed by atoms with E-state index >= 15 is 0 Å². The molecule has 2 heterocycles. The number of nitrogens with zero attached hydrogens (tertiary/aromatic N) is 3. The minimum atomic E-state index is -0.203. The highest BCUT2D eigenvalue weighted by Crippen LogP contribution is 2.31. The summed E-state index contributed by atoms with van der Waals surface area (Å²) in [4.78, 5) is 19.5. The number of fused-ring (bicyclic) bond motifs is 1. The molecule has 134 valence electrons. The maximum Gasteiger partial charge on any atom is 0.255 e. The number of carbonyl (C=O) groups excluding carboxylic acids is 1. The molecule has 1 amide bonds. The normalized spacial score (nSPS) is 13.6. The van der Waals surface area contributed by atoms with Gasteiger partial charge in [-0.2, -0.15) is 5.26 Å². The Morgan fingerprint density at radius 1 is 1.11 bits per heavy atom. The Hall–Kier alpha value is -3.39. The van der Waals surface area contributed by atoms with E-state index in [-0.39, 0.29) is 5.91 Å². The van der Waals surface area contributed by atoms with Crippen molar-refractivity contribution < 1.29 is 4.79 Å². The Balaban J connectivity index is 1.63. The lowest BCUT2D eigenvalue weighted by Gasteiger charge is -2.20. The quantitative estimate of drug-likeness (QED) is 0.761. The number of aromatic nitrogens is 1. The van der Waals surface area contributed by atoms with Crippen LogP contribution in [-0.2, 0) is 0 Å². The number of nitriles is 1. The average molecular weight is 356 g/mol. The number of hydrogen-bond acceptors (Lipinski definition) is 4. The predicted octanol–water partition coefficient (Wildman–Crippen LogP) is 4.27. The summed E-state index contributed by atoms with van der Waals surface area (Å²) in [5.41, 5.74) is 4.84. The number of nitrogens with one attached hydrogen (secondary N) is 1. The molecule has 1 saturated heterocycles. The molecular weight excluding hydrogens is 336 g/mol. The molecule has 4 rings (SSSR count). The molecule has 0 radical (unpaired) electrons. The van der Waals surface area contributed by atoms with E-state index in [0.29, 0.717) is 16.8 Å². The van der Waals surface area contributed by atoms with Crippen molar-refractivity contribution in [3.05, 3.63) is 65.4 Å². The van der Waals surface area contributed by atoms with Crippen LogP contribution in [0.4, 0.5) is 11.4 Å². The summed E-state index contributed by atoms with van der Waals surface area (Å²) in [5.74, 6) is -0.203. The molecule has 1 fully saturated rings. The van der Waals surface area contributed by atoms with Gasteiger partial charge >= 0.3 is 0 Å². The molecule has 27 heavy (non-hydrogen) atoms. The molecule has 5 heteroatoms. The molecule has 1 aromatic heterocycles. The standard InChI is InChI=1S/C22H20N4O/c1-15-12-21(26-10-2-3-11-26)19-9-8-18(13-20(19)24-15)25-22(27)17-6-4-16(14-23)5-7-17/h4-9,12-13H,2-3,10-11H2,1H3,(H,25,27). The van der Waals surface area contributed by atoms with Gasteiger partial charge in [0.2, 0.25) is 0 Å². The van der Waals surface area contributed by atoms with Crippen LogP contribution in [0.3, 0.4) is 0 Å². The number of anilines is 2. The number of benzene rings is 2. The summed E-state index contributed by atoms with van der Waals surface area (Å²) in [6, 6.07) is 16.7. The third-order valence-electron chi connectivity index (χ3n) is 4.90. The highest BCUT2D eigenvalue weighted by molar-refractivity contribution is 6.05. The molecule has 0 spiro atoms. The average Bonchev–Trinajstić information content (AvgIpc) is 3.21. The molecule has 0 saturated carbocycles. The summed E-state index contributed by atoms with van der Waals surface area (Å²) in [5, 5.41) is 12.9. The van der Waals surface area contributed by atoms with E-state index in [1.54, 1.807) is 24.3 Å². The van der Waals surface area contributed by atoms with E-state index in [0.717, 1.165) is 29.7 Å². The van der Waals surface area contributed by atoms with Crippen LogP contribution in [0.2, 0.25) is 0 Å². The molecular formula is C22H20N4O. The van der Waals surface area contributed by atoms with Crippen LogP contribution in [0.25, 0.3) is 10.9 Å². The number of rotatable bonds is 3. The SMILES string of the molecule is Cc1cc(N2CCCC2)c2ccc(NC(=O)c3ccc(C#N)cc3)cc2n1. The van der Waals surface area contributed by atoms with Gasteiger partial charge in [0.05, 0.1) is 17.1 Å². The lowest BCUT2D eigenvalue weighted by atomic mass is 10.1. The van der Waals surface area contributed by atoms with E-state index in [9.17, 15) is 4.79 Å². The van der Waals surface area contributed by atoms with Crippen molar-refractivity contribution in [2.45, 2.75) is 19.8 Å². The van der Waals surface area contributed by atoms with Gasteiger partial charge in [0.15, 0.2) is 0 Å². The first kappa shape index (κ1) is 17.0. The van der Waals surface area contributed by atoms with Crippen molar-refractivity contribution in [3.8, 4) is 6.07 Å². The van der Waals surface area contributed by atoms with Crippen molar-refractivity contribution in [2.75, 3.05) is 23.3 Å². The van der Waals surface area contributed by atoms with E-state index < -0.39 is 0 Å². The summed E-state index contributed by atoms with van der Waals surface area (Å²) in [6.07, 6.45) is 2.45. The second kappa shape index (κ2) is 7.08. The predicted molar refractivity (Wildman–Crippen MR) is 107 cm³/mol. The third-order valence-corrected chi connectivity index (χ3v) is 4.90. The summed E-state index contributed by atoms with van der Waals surface area (Å²) < 4.78 is 0. The number of amides is 1. The Labute approximate surface area is 158 Å². The minimum Gasteiger partial charge on any atom is -0.371 e. The third kappa shape index (κ3) is 3.47. The first-order valence-electron chi connectivity index (χ1n) is 9.12. The molecule has 0 unspecified atom stereocenters. The van der Waals surface area contributed by atoms with Gasteiger partial charge in [0.1, 0.15) is 0 Å². The van der Waals surface area contributed by atoms with E-state index in [4.69, 9.17) is 5.26 Å². The first-order chi connectivity index (χ1) is 13.1. The molecule has 0 atom stereocenters. The zero-order valence-electron chi connectivity index (χ0n) is 15.2. The summed E-state index contributed by atoms with van der Waals surface area (Å²) in [7, 11) is 0. The molecule has 1 N–H and O–H groups in total. The van der Waals surface area contributed by atoms with Gasteiger partial charge in [-0.3, -0.25) is 9.78 Å². The summed E-state index contributed by atoms with van der Waals surface area (Å²) >= 11 is 0. The first-order valence-corrected chi connectivity index (χ1v) is 9.12. The zero-order valence-corrected chi connectivity index (χ0v) is 15.2. The fraction of sp³-hybridized carbons (Fsp3) is 0.227. The topological polar surface area (TPSA) is 69.0 Å². The monoisotopic (exact) mass is 356 g/mol. The van der Waals surface area contributed by atoms with Crippen LogP contribution < -0.4 is 10.2 Å². The maximum atomic E-state index is 12.5. The van der Waals surface area contributed by atoms with Crippen LogP contribution in [0.1, 0.15) is 34.5 Å². The van der Waals surface area contributed by atoms with Gasteiger partial charge in [0.25, 0.3) is 5.91 Å². The molecule has 1 aliphatic heterocycles. The highest BCUT2D eigenvalue weighted by Gasteiger charge is 2.16. The van der Waals surface area contributed by atoms with Crippen LogP contribution in [0.15, 0.2) is 48.5 Å². The Kier molecular flexibility index (Phi) is 4.47. The fourth-order valence-electron chi connectivity index (χ4n) is 3.54. The van der Waals surface area contributed by atoms with Crippen molar-refractivity contribution in [1.29, 1.82) is 5.26 Å². The molecule has 1 aliphatic rings. The largest absolute Gasteiger partial charge is 0.371 e. The Bertz CT molecular complexity index is 1040. The second-order valence-corrected chi connectivity index (χ2v) is 6.85. The van der Waals surface area contributed by atoms with Gasteiger partial charge in [-0.15, -0.1) is 0 Å². The van der Waals surface area contributed by atoms with Gasteiger partial charge in [-0.25, -0.2) is 0 Å². The Morgan fingerprint density at radius 3 is 2.56 bits per heavy atom. The lowest BCUT2D eigenvalue weighted by Crippen LogP contribution is -2.18.